The van der Waals surface area contributed by atoms with Gasteiger partial charge in [-0.3, -0.25) is 4.68 Å². The Morgan fingerprint density at radius 3 is 2.24 bits per heavy atom. The van der Waals surface area contributed by atoms with Crippen molar-refractivity contribution in [3.8, 4) is 0 Å². The maximum Gasteiger partial charge on any atom is 1.00 e. The number of carbonyl (C=O) groups is 1. The van der Waals surface area contributed by atoms with Crippen molar-refractivity contribution >= 4 is 21.7 Å². The Morgan fingerprint density at radius 1 is 1.14 bits per heavy atom. The van der Waals surface area contributed by atoms with Crippen LogP contribution in [0.2, 0.25) is 0 Å². The van der Waals surface area contributed by atoms with Crippen LogP contribution in [0.5, 0.6) is 0 Å². The molecule has 1 heterocycles. The second-order valence-corrected chi connectivity index (χ2v) is 9.15. The minimum absolute atomic E-state index is 0. The fourth-order valence-electron chi connectivity index (χ4n) is 4.03. The van der Waals surface area contributed by atoms with E-state index in [-0.39, 0.29) is 47.5 Å². The number of fused-ring (bicyclic) bond motifs is 2. The van der Waals surface area contributed by atoms with Crippen molar-refractivity contribution in [2.24, 2.45) is 0 Å². The molecule has 0 saturated heterocycles. The number of nitrogens with one attached hydrogen (secondary N) is 2. The minimum atomic E-state index is -4.01. The standard InChI is InChI=1S/C19H24N4O3S.Na.H2O.H/c1-12(2)23-10-9-17(21-23)27(25,26)22-19(24)20-18-15-7-3-5-13(15)11-14-6-4-8-16(14)18;;;/h9-12H,3-8H2,1-2H3,(H2,20,22,24);;1H2;/q;+1;;-1. The number of hydrogen-bond donors (Lipinski definition) is 2. The summed E-state index contributed by atoms with van der Waals surface area (Å²) in [7, 11) is -4.01. The fraction of sp³-hybridized carbons (Fsp3) is 0.474. The van der Waals surface area contributed by atoms with Gasteiger partial charge in [-0.15, -0.1) is 0 Å². The summed E-state index contributed by atoms with van der Waals surface area (Å²) in [5, 5.41) is 6.72. The summed E-state index contributed by atoms with van der Waals surface area (Å²) in [6.07, 6.45) is 7.61. The van der Waals surface area contributed by atoms with E-state index in [9.17, 15) is 13.2 Å². The number of sulfonamides is 1. The molecule has 0 radical (unpaired) electrons. The number of nitrogens with zero attached hydrogens (tertiary/aromatic N) is 2. The topological polar surface area (TPSA) is 125 Å². The van der Waals surface area contributed by atoms with Gasteiger partial charge < -0.3 is 12.2 Å². The van der Waals surface area contributed by atoms with Gasteiger partial charge in [0, 0.05) is 17.9 Å². The van der Waals surface area contributed by atoms with E-state index in [1.807, 2.05) is 13.8 Å². The molecule has 0 bridgehead atoms. The first-order valence-electron chi connectivity index (χ1n) is 9.40. The number of carbonyl (C=O) groups excluding carboxylic acids is 1. The van der Waals surface area contributed by atoms with Crippen molar-refractivity contribution in [1.82, 2.24) is 14.5 Å². The van der Waals surface area contributed by atoms with Crippen LogP contribution >= 0.6 is 0 Å². The molecule has 4 N–H and O–H groups in total. The molecule has 154 valence electrons. The summed E-state index contributed by atoms with van der Waals surface area (Å²) >= 11 is 0. The maximum atomic E-state index is 12.5. The van der Waals surface area contributed by atoms with Gasteiger partial charge in [0.15, 0.2) is 5.03 Å². The van der Waals surface area contributed by atoms with Crippen LogP contribution in [0.25, 0.3) is 0 Å². The Balaban J connectivity index is 0.00000150. The largest absolute Gasteiger partial charge is 1.00 e. The predicted molar refractivity (Wildman–Crippen MR) is 107 cm³/mol. The van der Waals surface area contributed by atoms with Crippen LogP contribution in [0.4, 0.5) is 10.5 Å². The number of amides is 2. The number of urea groups is 1. The van der Waals surface area contributed by atoms with E-state index in [1.165, 1.54) is 17.2 Å². The Hall–Kier alpha value is -1.39. The number of aryl methyl sites for hydroxylation is 2. The summed E-state index contributed by atoms with van der Waals surface area (Å²) in [5.74, 6) is 0. The Kier molecular flexibility index (Phi) is 7.56. The Labute approximate surface area is 194 Å². The molecule has 2 aliphatic carbocycles. The van der Waals surface area contributed by atoms with Gasteiger partial charge in [0.1, 0.15) is 0 Å². The number of rotatable bonds is 4. The molecule has 1 aromatic heterocycles. The smallest absolute Gasteiger partial charge is 1.00 e. The zero-order valence-corrected chi connectivity index (χ0v) is 19.9. The summed E-state index contributed by atoms with van der Waals surface area (Å²) in [6, 6.07) is 2.97. The molecular weight excluding hydrogens is 403 g/mol. The molecule has 4 rings (SSSR count). The molecule has 0 fully saturated rings. The maximum absolute atomic E-state index is 12.5. The number of aromatic nitrogens is 2. The van der Waals surface area contributed by atoms with Crippen molar-refractivity contribution < 1.29 is 49.7 Å². The molecule has 29 heavy (non-hydrogen) atoms. The van der Waals surface area contributed by atoms with Crippen LogP contribution in [0.1, 0.15) is 56.4 Å². The van der Waals surface area contributed by atoms with E-state index in [1.54, 1.807) is 10.9 Å². The van der Waals surface area contributed by atoms with Gasteiger partial charge in [0.25, 0.3) is 10.0 Å². The molecular formula is C19H27N4NaO4S. The third-order valence-corrected chi connectivity index (χ3v) is 6.55. The van der Waals surface area contributed by atoms with E-state index in [4.69, 9.17) is 0 Å². The van der Waals surface area contributed by atoms with Crippen molar-refractivity contribution in [1.29, 1.82) is 0 Å². The van der Waals surface area contributed by atoms with Gasteiger partial charge in [0.2, 0.25) is 0 Å². The zero-order chi connectivity index (χ0) is 19.2. The first kappa shape index (κ1) is 23.9. The van der Waals surface area contributed by atoms with Crippen LogP contribution in [0, 0.1) is 0 Å². The normalized spacial score (nSPS) is 14.6. The number of benzene rings is 1. The van der Waals surface area contributed by atoms with Crippen molar-refractivity contribution in [3.05, 3.63) is 40.6 Å². The molecule has 2 amide bonds. The van der Waals surface area contributed by atoms with Gasteiger partial charge in [0.05, 0.1) is 0 Å². The van der Waals surface area contributed by atoms with Crippen molar-refractivity contribution in [2.75, 3.05) is 5.32 Å². The van der Waals surface area contributed by atoms with Gasteiger partial charge in [-0.1, -0.05) is 6.07 Å². The Morgan fingerprint density at radius 2 is 1.72 bits per heavy atom. The van der Waals surface area contributed by atoms with E-state index in [0.29, 0.717) is 0 Å². The summed E-state index contributed by atoms with van der Waals surface area (Å²) < 4.78 is 28.6. The van der Waals surface area contributed by atoms with E-state index in [2.05, 4.69) is 21.2 Å². The second-order valence-electron chi connectivity index (χ2n) is 7.52. The molecule has 2 aliphatic rings. The van der Waals surface area contributed by atoms with Gasteiger partial charge in [-0.25, -0.2) is 9.52 Å². The molecule has 8 nitrogen and oxygen atoms in total. The SMILES string of the molecule is CC(C)n1ccc(S(=O)(=O)NC(=O)Nc2c3c(cc4c2CCC4)CCC3)n1.O.[H-].[Na+]. The van der Waals surface area contributed by atoms with Crippen LogP contribution < -0.4 is 39.6 Å². The third kappa shape index (κ3) is 4.69. The first-order valence-corrected chi connectivity index (χ1v) is 10.9. The molecule has 0 unspecified atom stereocenters. The quantitative estimate of drug-likeness (QED) is 0.619. The van der Waals surface area contributed by atoms with Crippen LogP contribution in [0.3, 0.4) is 0 Å². The molecule has 10 heteroatoms. The summed E-state index contributed by atoms with van der Waals surface area (Å²) in [5.41, 5.74) is 5.70. The monoisotopic (exact) mass is 430 g/mol. The average molecular weight is 431 g/mol. The number of anilines is 1. The average Bonchev–Trinajstić information content (AvgIpc) is 3.34. The molecule has 0 aliphatic heterocycles. The molecule has 0 saturated carbocycles. The van der Waals surface area contributed by atoms with Crippen molar-refractivity contribution in [3.63, 3.8) is 0 Å². The third-order valence-electron chi connectivity index (χ3n) is 5.33. The van der Waals surface area contributed by atoms with Gasteiger partial charge in [-0.2, -0.15) is 13.5 Å². The van der Waals surface area contributed by atoms with E-state index >= 15 is 0 Å². The van der Waals surface area contributed by atoms with Gasteiger partial charge in [-0.05, 0) is 80.7 Å². The summed E-state index contributed by atoms with van der Waals surface area (Å²) in [4.78, 5) is 12.5. The minimum Gasteiger partial charge on any atom is -1.00 e. The zero-order valence-electron chi connectivity index (χ0n) is 18.1. The number of hydrogen-bond acceptors (Lipinski definition) is 4. The fourth-order valence-corrected chi connectivity index (χ4v) is 4.87. The molecule has 1 aromatic carbocycles. The van der Waals surface area contributed by atoms with Crippen LogP contribution in [0.15, 0.2) is 23.4 Å². The van der Waals surface area contributed by atoms with Crippen molar-refractivity contribution in [2.45, 2.75) is 63.4 Å². The molecule has 0 atom stereocenters. The van der Waals surface area contributed by atoms with E-state index < -0.39 is 16.1 Å². The van der Waals surface area contributed by atoms with Gasteiger partial charge >= 0.3 is 35.6 Å². The summed E-state index contributed by atoms with van der Waals surface area (Å²) in [6.45, 7) is 3.81. The first-order chi connectivity index (χ1) is 12.8. The molecule has 0 spiro atoms. The van der Waals surface area contributed by atoms with E-state index in [0.717, 1.165) is 55.3 Å². The van der Waals surface area contributed by atoms with Crippen LogP contribution in [-0.2, 0) is 35.7 Å². The Bertz CT molecular complexity index is 992. The second kappa shape index (κ2) is 9.18. The molecule has 2 aromatic rings. The van der Waals surface area contributed by atoms with Crippen LogP contribution in [-0.4, -0.2) is 29.7 Å². The predicted octanol–water partition coefficient (Wildman–Crippen LogP) is -0.756.